The van der Waals surface area contributed by atoms with Gasteiger partial charge in [0.25, 0.3) is 0 Å². The molecule has 0 aliphatic rings. The lowest BCUT2D eigenvalue weighted by molar-refractivity contribution is -0.113. The number of amides is 1. The van der Waals surface area contributed by atoms with Crippen LogP contribution >= 0.6 is 23.5 Å². The first kappa shape index (κ1) is 17.5. The van der Waals surface area contributed by atoms with Crippen molar-refractivity contribution in [3.05, 3.63) is 48.8 Å². The van der Waals surface area contributed by atoms with Gasteiger partial charge in [-0.3, -0.25) is 9.78 Å². The van der Waals surface area contributed by atoms with Crippen molar-refractivity contribution < 1.29 is 4.79 Å². The normalized spacial score (nSPS) is 10.6. The van der Waals surface area contributed by atoms with Gasteiger partial charge in [0, 0.05) is 35.6 Å². The monoisotopic (exact) mass is 371 g/mol. The molecule has 2 aromatic heterocycles. The molecule has 2 heterocycles. The predicted molar refractivity (Wildman–Crippen MR) is 102 cm³/mol. The van der Waals surface area contributed by atoms with Gasteiger partial charge in [-0.2, -0.15) is 0 Å². The van der Waals surface area contributed by atoms with Gasteiger partial charge in [0.2, 0.25) is 5.91 Å². The van der Waals surface area contributed by atoms with Crippen LogP contribution in [0.2, 0.25) is 0 Å². The van der Waals surface area contributed by atoms with Crippen LogP contribution in [-0.4, -0.2) is 37.7 Å². The molecule has 1 N–H and O–H groups in total. The maximum atomic E-state index is 12.2. The molecule has 3 aromatic rings. The van der Waals surface area contributed by atoms with Crippen molar-refractivity contribution in [2.75, 3.05) is 17.3 Å². The van der Waals surface area contributed by atoms with Gasteiger partial charge in [-0.15, -0.1) is 22.0 Å². The Morgan fingerprint density at radius 3 is 2.88 bits per heavy atom. The third kappa shape index (κ3) is 4.40. The maximum absolute atomic E-state index is 12.2. The summed E-state index contributed by atoms with van der Waals surface area (Å²) in [7, 11) is 1.88. The second-order valence-electron chi connectivity index (χ2n) is 5.18. The highest BCUT2D eigenvalue weighted by Gasteiger charge is 2.13. The molecule has 0 spiro atoms. The van der Waals surface area contributed by atoms with Gasteiger partial charge in [0.1, 0.15) is 0 Å². The van der Waals surface area contributed by atoms with E-state index in [2.05, 4.69) is 20.5 Å². The van der Waals surface area contributed by atoms with Crippen LogP contribution in [0.1, 0.15) is 0 Å². The fourth-order valence-electron chi connectivity index (χ4n) is 2.21. The summed E-state index contributed by atoms with van der Waals surface area (Å²) in [6, 6.07) is 11.6. The van der Waals surface area contributed by atoms with Crippen molar-refractivity contribution in [3.63, 3.8) is 0 Å². The van der Waals surface area contributed by atoms with Crippen LogP contribution in [0.4, 0.5) is 5.69 Å². The van der Waals surface area contributed by atoms with E-state index in [1.54, 1.807) is 24.2 Å². The molecule has 0 unspecified atom stereocenters. The highest BCUT2D eigenvalue weighted by Crippen LogP contribution is 2.23. The number of rotatable bonds is 6. The first-order valence-electron chi connectivity index (χ1n) is 7.54. The summed E-state index contributed by atoms with van der Waals surface area (Å²) in [6.07, 6.45) is 5.46. The molecule has 0 saturated carbocycles. The maximum Gasteiger partial charge on any atom is 0.234 e. The number of benzene rings is 1. The summed E-state index contributed by atoms with van der Waals surface area (Å²) in [6.45, 7) is 0. The molecule has 0 bridgehead atoms. The summed E-state index contributed by atoms with van der Waals surface area (Å²) in [4.78, 5) is 17.4. The predicted octanol–water partition coefficient (Wildman–Crippen LogP) is 3.33. The third-order valence-corrected chi connectivity index (χ3v) is 5.19. The molecule has 0 aliphatic carbocycles. The number of nitrogens with zero attached hydrogens (tertiary/aromatic N) is 4. The standard InChI is InChI=1S/C17H17N5OS2/c1-22-16(12-5-4-8-18-10-12)20-21-17(22)25-11-15(23)19-13-6-3-7-14(9-13)24-2/h3-10H,11H2,1-2H3,(H,19,23). The Morgan fingerprint density at radius 1 is 1.24 bits per heavy atom. The van der Waals surface area contributed by atoms with Crippen LogP contribution in [0.25, 0.3) is 11.4 Å². The Hall–Kier alpha value is -2.32. The van der Waals surface area contributed by atoms with Gasteiger partial charge < -0.3 is 9.88 Å². The second kappa shape index (κ2) is 8.17. The number of anilines is 1. The minimum atomic E-state index is -0.0748. The number of thioether (sulfide) groups is 2. The zero-order valence-corrected chi connectivity index (χ0v) is 15.5. The van der Waals surface area contributed by atoms with Gasteiger partial charge in [-0.1, -0.05) is 17.8 Å². The third-order valence-electron chi connectivity index (χ3n) is 3.44. The molecule has 8 heteroatoms. The molecule has 1 aromatic carbocycles. The minimum absolute atomic E-state index is 0.0748. The fraction of sp³-hybridized carbons (Fsp3) is 0.176. The zero-order chi connectivity index (χ0) is 17.6. The average molecular weight is 371 g/mol. The molecule has 0 saturated heterocycles. The van der Waals surface area contributed by atoms with Gasteiger partial charge in [0.05, 0.1) is 5.75 Å². The van der Waals surface area contributed by atoms with Gasteiger partial charge in [-0.25, -0.2) is 0 Å². The van der Waals surface area contributed by atoms with Crippen molar-refractivity contribution in [2.24, 2.45) is 7.05 Å². The van der Waals surface area contributed by atoms with Gasteiger partial charge >= 0.3 is 0 Å². The van der Waals surface area contributed by atoms with Gasteiger partial charge in [0.15, 0.2) is 11.0 Å². The molecule has 128 valence electrons. The molecule has 6 nitrogen and oxygen atoms in total. The summed E-state index contributed by atoms with van der Waals surface area (Å²) < 4.78 is 1.86. The largest absolute Gasteiger partial charge is 0.325 e. The topological polar surface area (TPSA) is 72.7 Å². The Balaban J connectivity index is 1.62. The first-order valence-corrected chi connectivity index (χ1v) is 9.75. The van der Waals surface area contributed by atoms with E-state index in [0.717, 1.165) is 22.0 Å². The number of hydrogen-bond acceptors (Lipinski definition) is 6. The minimum Gasteiger partial charge on any atom is -0.325 e. The van der Waals surface area contributed by atoms with Crippen molar-refractivity contribution in [1.82, 2.24) is 19.7 Å². The Bertz CT molecular complexity index is 866. The van der Waals surface area contributed by atoms with Crippen LogP contribution in [0.15, 0.2) is 58.8 Å². The number of carbonyl (C=O) groups is 1. The lowest BCUT2D eigenvalue weighted by Gasteiger charge is -2.06. The lowest BCUT2D eigenvalue weighted by Crippen LogP contribution is -2.14. The summed E-state index contributed by atoms with van der Waals surface area (Å²) in [5, 5.41) is 11.9. The van der Waals surface area contributed by atoms with Crippen LogP contribution in [0.3, 0.4) is 0 Å². The second-order valence-corrected chi connectivity index (χ2v) is 7.00. The molecule has 0 aliphatic heterocycles. The smallest absolute Gasteiger partial charge is 0.234 e. The van der Waals surface area contributed by atoms with Crippen molar-refractivity contribution in [2.45, 2.75) is 10.1 Å². The Kier molecular flexibility index (Phi) is 5.72. The van der Waals surface area contributed by atoms with E-state index < -0.39 is 0 Å². The van der Waals surface area contributed by atoms with E-state index in [9.17, 15) is 4.79 Å². The van der Waals surface area contributed by atoms with E-state index in [0.29, 0.717) is 5.16 Å². The SMILES string of the molecule is CSc1cccc(NC(=O)CSc2nnc(-c3cccnc3)n2C)c1. The fourth-order valence-corrected chi connectivity index (χ4v) is 3.39. The summed E-state index contributed by atoms with van der Waals surface area (Å²) in [5.74, 6) is 0.917. The van der Waals surface area contributed by atoms with E-state index >= 15 is 0 Å². The summed E-state index contributed by atoms with van der Waals surface area (Å²) in [5.41, 5.74) is 1.69. The highest BCUT2D eigenvalue weighted by atomic mass is 32.2. The highest BCUT2D eigenvalue weighted by molar-refractivity contribution is 7.99. The number of nitrogens with one attached hydrogen (secondary N) is 1. The van der Waals surface area contributed by atoms with E-state index in [1.165, 1.54) is 11.8 Å². The van der Waals surface area contributed by atoms with Crippen molar-refractivity contribution in [3.8, 4) is 11.4 Å². The van der Waals surface area contributed by atoms with Crippen LogP contribution in [-0.2, 0) is 11.8 Å². The number of carbonyl (C=O) groups excluding carboxylic acids is 1. The first-order chi connectivity index (χ1) is 12.2. The quantitative estimate of drug-likeness (QED) is 0.670. The molecular formula is C17H17N5OS2. The number of hydrogen-bond donors (Lipinski definition) is 1. The van der Waals surface area contributed by atoms with Gasteiger partial charge in [-0.05, 0) is 36.6 Å². The van der Waals surface area contributed by atoms with Crippen LogP contribution < -0.4 is 5.32 Å². The van der Waals surface area contributed by atoms with E-state index in [4.69, 9.17) is 0 Å². The average Bonchev–Trinajstić information content (AvgIpc) is 3.01. The van der Waals surface area contributed by atoms with Crippen LogP contribution in [0.5, 0.6) is 0 Å². The van der Waals surface area contributed by atoms with Crippen molar-refractivity contribution in [1.29, 1.82) is 0 Å². The van der Waals surface area contributed by atoms with E-state index in [-0.39, 0.29) is 11.7 Å². The zero-order valence-electron chi connectivity index (χ0n) is 13.8. The molecular weight excluding hydrogens is 354 g/mol. The Labute approximate surface area is 154 Å². The Morgan fingerprint density at radius 2 is 2.12 bits per heavy atom. The summed E-state index contributed by atoms with van der Waals surface area (Å²) >= 11 is 2.99. The molecule has 3 rings (SSSR count). The van der Waals surface area contributed by atoms with Crippen LogP contribution in [0, 0.1) is 0 Å². The molecule has 0 atom stereocenters. The molecule has 0 radical (unpaired) electrons. The molecule has 1 amide bonds. The molecule has 25 heavy (non-hydrogen) atoms. The van der Waals surface area contributed by atoms with Crippen molar-refractivity contribution >= 4 is 35.1 Å². The number of pyridine rings is 1. The molecule has 0 fully saturated rings. The lowest BCUT2D eigenvalue weighted by atomic mass is 10.3. The van der Waals surface area contributed by atoms with E-state index in [1.807, 2.05) is 54.3 Å². The number of aromatic nitrogens is 4.